The molecular formula is C10H14ClN3. The molecule has 14 heavy (non-hydrogen) atoms. The van der Waals surface area contributed by atoms with Gasteiger partial charge in [-0.1, -0.05) is 25.4 Å². The molecule has 0 atom stereocenters. The topological polar surface area (TPSA) is 37.8 Å². The van der Waals surface area contributed by atoms with E-state index in [0.29, 0.717) is 16.6 Å². The maximum Gasteiger partial charge on any atom is 0.149 e. The summed E-state index contributed by atoms with van der Waals surface area (Å²) in [6, 6.07) is 0.526. The van der Waals surface area contributed by atoms with Crippen LogP contribution in [-0.2, 0) is 0 Å². The van der Waals surface area contributed by atoms with Gasteiger partial charge in [-0.15, -0.1) is 0 Å². The molecule has 4 heteroatoms. The van der Waals surface area contributed by atoms with Crippen LogP contribution in [0, 0.1) is 5.41 Å². The van der Waals surface area contributed by atoms with Crippen molar-refractivity contribution in [2.45, 2.75) is 32.7 Å². The Morgan fingerprint density at radius 1 is 1.43 bits per heavy atom. The molecule has 1 aromatic rings. The zero-order valence-corrected chi connectivity index (χ0v) is 9.17. The maximum atomic E-state index is 5.73. The molecular weight excluding hydrogens is 198 g/mol. The lowest BCUT2D eigenvalue weighted by atomic mass is 9.68. The summed E-state index contributed by atoms with van der Waals surface area (Å²) in [7, 11) is 0. The predicted octanol–water partition coefficient (Wildman–Crippen LogP) is 2.73. The quantitative estimate of drug-likeness (QED) is 0.818. The number of rotatable bonds is 2. The number of aromatic nitrogens is 2. The van der Waals surface area contributed by atoms with E-state index in [4.69, 9.17) is 11.6 Å². The van der Waals surface area contributed by atoms with Crippen molar-refractivity contribution in [3.63, 3.8) is 0 Å². The van der Waals surface area contributed by atoms with E-state index < -0.39 is 0 Å². The molecule has 1 saturated carbocycles. The van der Waals surface area contributed by atoms with Crippen molar-refractivity contribution in [3.05, 3.63) is 17.5 Å². The molecule has 1 aromatic heterocycles. The van der Waals surface area contributed by atoms with Gasteiger partial charge in [0.1, 0.15) is 11.0 Å². The van der Waals surface area contributed by atoms with Gasteiger partial charge in [0.2, 0.25) is 0 Å². The van der Waals surface area contributed by atoms with Gasteiger partial charge in [-0.2, -0.15) is 0 Å². The van der Waals surface area contributed by atoms with Crippen LogP contribution in [0.3, 0.4) is 0 Å². The van der Waals surface area contributed by atoms with Crippen molar-refractivity contribution in [3.8, 4) is 0 Å². The van der Waals surface area contributed by atoms with Crippen molar-refractivity contribution < 1.29 is 0 Å². The van der Waals surface area contributed by atoms with Gasteiger partial charge < -0.3 is 5.32 Å². The first-order valence-corrected chi connectivity index (χ1v) is 5.17. The lowest BCUT2D eigenvalue weighted by Crippen LogP contribution is -2.41. The minimum atomic E-state index is 0.439. The van der Waals surface area contributed by atoms with Gasteiger partial charge in [-0.25, -0.2) is 4.98 Å². The standard InChI is InChI=1S/C10H14ClN3/c1-10(2)3-7(4-10)13-9-6-12-5-8(11)14-9/h5-7H,3-4H2,1-2H3,(H,13,14). The van der Waals surface area contributed by atoms with Crippen molar-refractivity contribution in [2.75, 3.05) is 5.32 Å². The van der Waals surface area contributed by atoms with Crippen LogP contribution in [0.15, 0.2) is 12.4 Å². The second-order valence-electron chi connectivity index (χ2n) is 4.64. The highest BCUT2D eigenvalue weighted by atomic mass is 35.5. The van der Waals surface area contributed by atoms with Gasteiger partial charge in [0.15, 0.2) is 0 Å². The van der Waals surface area contributed by atoms with Crippen LogP contribution in [0.1, 0.15) is 26.7 Å². The first-order chi connectivity index (χ1) is 6.55. The van der Waals surface area contributed by atoms with Crippen LogP contribution in [0.25, 0.3) is 0 Å². The fourth-order valence-corrected chi connectivity index (χ4v) is 2.14. The van der Waals surface area contributed by atoms with Gasteiger partial charge in [0.25, 0.3) is 0 Å². The Morgan fingerprint density at radius 3 is 2.71 bits per heavy atom. The summed E-state index contributed by atoms with van der Waals surface area (Å²) in [6.07, 6.45) is 5.61. The summed E-state index contributed by atoms with van der Waals surface area (Å²) in [6.45, 7) is 4.55. The molecule has 0 amide bonds. The molecule has 1 fully saturated rings. The Kier molecular flexibility index (Phi) is 2.35. The normalized spacial score (nSPS) is 20.2. The van der Waals surface area contributed by atoms with E-state index in [1.165, 1.54) is 19.0 Å². The zero-order chi connectivity index (χ0) is 10.2. The minimum absolute atomic E-state index is 0.439. The minimum Gasteiger partial charge on any atom is -0.366 e. The lowest BCUT2D eigenvalue weighted by molar-refractivity contribution is 0.167. The fraction of sp³-hybridized carbons (Fsp3) is 0.600. The number of nitrogens with zero attached hydrogens (tertiary/aromatic N) is 2. The summed E-state index contributed by atoms with van der Waals surface area (Å²) < 4.78 is 0. The number of anilines is 1. The van der Waals surface area contributed by atoms with E-state index >= 15 is 0 Å². The molecule has 0 saturated heterocycles. The largest absolute Gasteiger partial charge is 0.366 e. The number of halogens is 1. The molecule has 1 heterocycles. The third kappa shape index (κ3) is 2.15. The highest BCUT2D eigenvalue weighted by Gasteiger charge is 2.35. The molecule has 76 valence electrons. The van der Waals surface area contributed by atoms with Crippen LogP contribution in [0.2, 0.25) is 5.15 Å². The van der Waals surface area contributed by atoms with Crippen molar-refractivity contribution >= 4 is 17.4 Å². The van der Waals surface area contributed by atoms with Crippen LogP contribution < -0.4 is 5.32 Å². The Labute approximate surface area is 88.9 Å². The molecule has 1 aliphatic carbocycles. The molecule has 0 bridgehead atoms. The molecule has 0 aliphatic heterocycles. The summed E-state index contributed by atoms with van der Waals surface area (Å²) in [4.78, 5) is 8.11. The SMILES string of the molecule is CC1(C)CC(Nc2cncc(Cl)n2)C1. The number of hydrogen-bond donors (Lipinski definition) is 1. The van der Waals surface area contributed by atoms with E-state index in [2.05, 4.69) is 29.1 Å². The molecule has 3 nitrogen and oxygen atoms in total. The first kappa shape index (κ1) is 9.71. The van der Waals surface area contributed by atoms with Crippen molar-refractivity contribution in [2.24, 2.45) is 5.41 Å². The molecule has 0 radical (unpaired) electrons. The van der Waals surface area contributed by atoms with Gasteiger partial charge in [0, 0.05) is 6.04 Å². The maximum absolute atomic E-state index is 5.73. The highest BCUT2D eigenvalue weighted by molar-refractivity contribution is 6.29. The molecule has 1 N–H and O–H groups in total. The number of hydrogen-bond acceptors (Lipinski definition) is 3. The third-order valence-corrected chi connectivity index (χ3v) is 2.74. The predicted molar refractivity (Wildman–Crippen MR) is 57.5 cm³/mol. The molecule has 2 rings (SSSR count). The van der Waals surface area contributed by atoms with E-state index in [1.54, 1.807) is 6.20 Å². The molecule has 1 aliphatic rings. The van der Waals surface area contributed by atoms with Crippen molar-refractivity contribution in [1.82, 2.24) is 9.97 Å². The van der Waals surface area contributed by atoms with Gasteiger partial charge in [-0.3, -0.25) is 4.98 Å². The zero-order valence-electron chi connectivity index (χ0n) is 8.42. The molecule has 0 unspecified atom stereocenters. The summed E-state index contributed by atoms with van der Waals surface area (Å²) in [5, 5.41) is 3.76. The van der Waals surface area contributed by atoms with E-state index in [0.717, 1.165) is 5.82 Å². The monoisotopic (exact) mass is 211 g/mol. The first-order valence-electron chi connectivity index (χ1n) is 4.79. The fourth-order valence-electron chi connectivity index (χ4n) is 2.00. The average molecular weight is 212 g/mol. The molecule has 0 spiro atoms. The summed E-state index contributed by atoms with van der Waals surface area (Å²) in [5.74, 6) is 0.776. The lowest BCUT2D eigenvalue weighted by Gasteiger charge is -2.43. The average Bonchev–Trinajstić information content (AvgIpc) is 2.00. The van der Waals surface area contributed by atoms with Crippen LogP contribution in [0.4, 0.5) is 5.82 Å². The smallest absolute Gasteiger partial charge is 0.149 e. The van der Waals surface area contributed by atoms with Crippen LogP contribution >= 0.6 is 11.6 Å². The Hall–Kier alpha value is -0.830. The van der Waals surface area contributed by atoms with Gasteiger partial charge in [-0.05, 0) is 18.3 Å². The Balaban J connectivity index is 1.93. The number of nitrogens with one attached hydrogen (secondary N) is 1. The third-order valence-electron chi connectivity index (χ3n) is 2.56. The second kappa shape index (κ2) is 3.39. The van der Waals surface area contributed by atoms with E-state index in [9.17, 15) is 0 Å². The van der Waals surface area contributed by atoms with Gasteiger partial charge >= 0.3 is 0 Å². The van der Waals surface area contributed by atoms with E-state index in [-0.39, 0.29) is 0 Å². The highest BCUT2D eigenvalue weighted by Crippen LogP contribution is 2.41. The summed E-state index contributed by atoms with van der Waals surface area (Å²) in [5.41, 5.74) is 0.476. The van der Waals surface area contributed by atoms with Crippen molar-refractivity contribution in [1.29, 1.82) is 0 Å². The Bertz CT molecular complexity index is 330. The molecule has 0 aromatic carbocycles. The Morgan fingerprint density at radius 2 is 2.14 bits per heavy atom. The van der Waals surface area contributed by atoms with E-state index in [1.807, 2.05) is 0 Å². The summed E-state index contributed by atoms with van der Waals surface area (Å²) >= 11 is 5.73. The van der Waals surface area contributed by atoms with Crippen LogP contribution in [0.5, 0.6) is 0 Å². The van der Waals surface area contributed by atoms with Gasteiger partial charge in [0.05, 0.1) is 12.4 Å². The van der Waals surface area contributed by atoms with Crippen LogP contribution in [-0.4, -0.2) is 16.0 Å². The second-order valence-corrected chi connectivity index (χ2v) is 5.03.